The van der Waals surface area contributed by atoms with Gasteiger partial charge in [-0.15, -0.1) is 0 Å². The van der Waals surface area contributed by atoms with Crippen molar-refractivity contribution in [2.45, 2.75) is 37.4 Å². The third-order valence-corrected chi connectivity index (χ3v) is 4.17. The van der Waals surface area contributed by atoms with Crippen LogP contribution in [-0.2, 0) is 10.3 Å². The number of methoxy groups -OCH3 is 1. The highest BCUT2D eigenvalue weighted by Gasteiger charge is 2.35. The maximum absolute atomic E-state index is 10.8. The molecule has 0 amide bonds. The van der Waals surface area contributed by atoms with Gasteiger partial charge in [-0.1, -0.05) is 6.07 Å². The Hall–Kier alpha value is -1.26. The fraction of sp³-hybridized carbons (Fsp3) is 0.600. The highest BCUT2D eigenvalue weighted by atomic mass is 16.6. The van der Waals surface area contributed by atoms with Crippen LogP contribution in [0.25, 0.3) is 0 Å². The summed E-state index contributed by atoms with van der Waals surface area (Å²) in [6, 6.07) is 5.76. The van der Waals surface area contributed by atoms with Gasteiger partial charge in [0, 0.05) is 7.11 Å². The number of hydrogen-bond acceptors (Lipinski definition) is 4. The van der Waals surface area contributed by atoms with Gasteiger partial charge < -0.3 is 19.3 Å². The minimum Gasteiger partial charge on any atom is -0.486 e. The zero-order valence-electron chi connectivity index (χ0n) is 11.2. The second kappa shape index (κ2) is 5.02. The van der Waals surface area contributed by atoms with E-state index in [1.54, 1.807) is 7.11 Å². The molecule has 0 saturated heterocycles. The number of rotatable bonds is 2. The fourth-order valence-electron chi connectivity index (χ4n) is 2.93. The van der Waals surface area contributed by atoms with Crippen LogP contribution in [0.2, 0.25) is 0 Å². The second-order valence-electron chi connectivity index (χ2n) is 5.33. The molecular formula is C15H20O4. The van der Waals surface area contributed by atoms with E-state index < -0.39 is 5.60 Å². The number of ether oxygens (including phenoxy) is 3. The Labute approximate surface area is 113 Å². The van der Waals surface area contributed by atoms with Crippen molar-refractivity contribution in [2.24, 2.45) is 0 Å². The standard InChI is InChI=1S/C15H20O4/c1-17-12-4-6-15(16,7-5-12)11-2-3-13-14(10-11)19-9-8-18-13/h2-3,10,12,16H,4-9H2,1H3. The van der Waals surface area contributed by atoms with Crippen molar-refractivity contribution in [3.05, 3.63) is 23.8 Å². The smallest absolute Gasteiger partial charge is 0.161 e. The van der Waals surface area contributed by atoms with Crippen LogP contribution in [0.5, 0.6) is 11.5 Å². The fourth-order valence-corrected chi connectivity index (χ4v) is 2.93. The highest BCUT2D eigenvalue weighted by molar-refractivity contribution is 5.45. The number of hydrogen-bond donors (Lipinski definition) is 1. The van der Waals surface area contributed by atoms with E-state index in [1.165, 1.54) is 0 Å². The van der Waals surface area contributed by atoms with Crippen LogP contribution in [-0.4, -0.2) is 31.5 Å². The molecule has 19 heavy (non-hydrogen) atoms. The molecule has 0 bridgehead atoms. The van der Waals surface area contributed by atoms with E-state index in [4.69, 9.17) is 14.2 Å². The van der Waals surface area contributed by atoms with Gasteiger partial charge in [0.2, 0.25) is 0 Å². The summed E-state index contributed by atoms with van der Waals surface area (Å²) < 4.78 is 16.4. The van der Waals surface area contributed by atoms with Crippen molar-refractivity contribution in [3.63, 3.8) is 0 Å². The molecule has 1 aromatic rings. The summed E-state index contributed by atoms with van der Waals surface area (Å²) in [4.78, 5) is 0. The molecule has 0 aromatic heterocycles. The maximum Gasteiger partial charge on any atom is 0.161 e. The Bertz CT molecular complexity index is 449. The van der Waals surface area contributed by atoms with Gasteiger partial charge in [-0.3, -0.25) is 0 Å². The van der Waals surface area contributed by atoms with E-state index in [-0.39, 0.29) is 6.10 Å². The Morgan fingerprint density at radius 1 is 1.16 bits per heavy atom. The summed E-state index contributed by atoms with van der Waals surface area (Å²) in [6.07, 6.45) is 3.51. The SMILES string of the molecule is COC1CCC(O)(c2ccc3c(c2)OCCO3)CC1. The Kier molecular flexibility index (Phi) is 3.37. The van der Waals surface area contributed by atoms with Gasteiger partial charge in [0.25, 0.3) is 0 Å². The molecule has 1 saturated carbocycles. The molecule has 1 heterocycles. The highest BCUT2D eigenvalue weighted by Crippen LogP contribution is 2.41. The molecule has 4 heteroatoms. The predicted octanol–water partition coefficient (Wildman–Crippen LogP) is 2.23. The van der Waals surface area contributed by atoms with E-state index in [2.05, 4.69) is 0 Å². The van der Waals surface area contributed by atoms with E-state index in [0.29, 0.717) is 13.2 Å². The molecule has 0 spiro atoms. The van der Waals surface area contributed by atoms with E-state index in [9.17, 15) is 5.11 Å². The predicted molar refractivity (Wildman–Crippen MR) is 70.6 cm³/mol. The lowest BCUT2D eigenvalue weighted by atomic mass is 9.78. The van der Waals surface area contributed by atoms with Gasteiger partial charge >= 0.3 is 0 Å². The monoisotopic (exact) mass is 264 g/mol. The molecule has 0 unspecified atom stereocenters. The molecule has 2 aliphatic rings. The van der Waals surface area contributed by atoms with Crippen molar-refractivity contribution in [2.75, 3.05) is 20.3 Å². The molecule has 3 rings (SSSR count). The Balaban J connectivity index is 1.81. The van der Waals surface area contributed by atoms with Crippen LogP contribution >= 0.6 is 0 Å². The van der Waals surface area contributed by atoms with Crippen LogP contribution in [0.4, 0.5) is 0 Å². The van der Waals surface area contributed by atoms with Gasteiger partial charge in [0.05, 0.1) is 11.7 Å². The molecular weight excluding hydrogens is 244 g/mol. The van der Waals surface area contributed by atoms with Crippen LogP contribution in [0, 0.1) is 0 Å². The largest absolute Gasteiger partial charge is 0.486 e. The van der Waals surface area contributed by atoms with Crippen molar-refractivity contribution in [1.82, 2.24) is 0 Å². The second-order valence-corrected chi connectivity index (χ2v) is 5.33. The minimum atomic E-state index is -0.759. The molecule has 1 aliphatic carbocycles. The zero-order chi connectivity index (χ0) is 13.3. The maximum atomic E-state index is 10.8. The summed E-state index contributed by atoms with van der Waals surface area (Å²) in [5, 5.41) is 10.8. The number of aliphatic hydroxyl groups is 1. The number of benzene rings is 1. The minimum absolute atomic E-state index is 0.275. The molecule has 1 N–H and O–H groups in total. The van der Waals surface area contributed by atoms with E-state index >= 15 is 0 Å². The van der Waals surface area contributed by atoms with Crippen molar-refractivity contribution < 1.29 is 19.3 Å². The Morgan fingerprint density at radius 3 is 2.53 bits per heavy atom. The summed E-state index contributed by atoms with van der Waals surface area (Å²) >= 11 is 0. The first-order valence-corrected chi connectivity index (χ1v) is 6.86. The van der Waals surface area contributed by atoms with Gasteiger partial charge in [-0.05, 0) is 43.4 Å². The quantitative estimate of drug-likeness (QED) is 0.890. The normalized spacial score (nSPS) is 30.1. The van der Waals surface area contributed by atoms with Crippen LogP contribution < -0.4 is 9.47 Å². The molecule has 1 aromatic carbocycles. The van der Waals surface area contributed by atoms with Gasteiger partial charge in [0.1, 0.15) is 13.2 Å². The van der Waals surface area contributed by atoms with Gasteiger partial charge in [0.15, 0.2) is 11.5 Å². The topological polar surface area (TPSA) is 47.9 Å². The van der Waals surface area contributed by atoms with Crippen molar-refractivity contribution >= 4 is 0 Å². The van der Waals surface area contributed by atoms with Crippen LogP contribution in [0.3, 0.4) is 0 Å². The molecule has 0 atom stereocenters. The summed E-state index contributed by atoms with van der Waals surface area (Å²) in [5.74, 6) is 1.51. The third kappa shape index (κ3) is 2.42. The average Bonchev–Trinajstić information content (AvgIpc) is 2.47. The van der Waals surface area contributed by atoms with Crippen molar-refractivity contribution in [3.8, 4) is 11.5 Å². The summed E-state index contributed by atoms with van der Waals surface area (Å²) in [7, 11) is 1.74. The van der Waals surface area contributed by atoms with E-state index in [0.717, 1.165) is 42.7 Å². The molecule has 1 fully saturated rings. The first kappa shape index (κ1) is 12.8. The van der Waals surface area contributed by atoms with Crippen LogP contribution in [0.1, 0.15) is 31.2 Å². The zero-order valence-corrected chi connectivity index (χ0v) is 11.2. The lowest BCUT2D eigenvalue weighted by molar-refractivity contribution is -0.0476. The number of fused-ring (bicyclic) bond motifs is 1. The summed E-state index contributed by atoms with van der Waals surface area (Å²) in [5.41, 5.74) is 0.163. The lowest BCUT2D eigenvalue weighted by Gasteiger charge is -2.36. The van der Waals surface area contributed by atoms with Crippen molar-refractivity contribution in [1.29, 1.82) is 0 Å². The third-order valence-electron chi connectivity index (χ3n) is 4.17. The molecule has 104 valence electrons. The Morgan fingerprint density at radius 2 is 1.84 bits per heavy atom. The molecule has 4 nitrogen and oxygen atoms in total. The summed E-state index contributed by atoms with van der Waals surface area (Å²) in [6.45, 7) is 1.16. The average molecular weight is 264 g/mol. The van der Waals surface area contributed by atoms with E-state index in [1.807, 2.05) is 18.2 Å². The first-order chi connectivity index (χ1) is 9.21. The first-order valence-electron chi connectivity index (χ1n) is 6.86. The molecule has 1 aliphatic heterocycles. The van der Waals surface area contributed by atoms with Gasteiger partial charge in [-0.2, -0.15) is 0 Å². The van der Waals surface area contributed by atoms with Crippen LogP contribution in [0.15, 0.2) is 18.2 Å². The molecule has 0 radical (unpaired) electrons. The lowest BCUT2D eigenvalue weighted by Crippen LogP contribution is -2.34. The van der Waals surface area contributed by atoms with Gasteiger partial charge in [-0.25, -0.2) is 0 Å².